The number of hydrogen-bond donors (Lipinski definition) is 3. The van der Waals surface area contributed by atoms with Crippen molar-refractivity contribution in [2.45, 2.75) is 18.4 Å². The average molecular weight is 154 g/mol. The second kappa shape index (κ2) is 3.61. The lowest BCUT2D eigenvalue weighted by Gasteiger charge is -2.27. The molecular weight excluding hydrogens is 140 g/mol. The van der Waals surface area contributed by atoms with Crippen LogP contribution in [0.5, 0.6) is 0 Å². The molecule has 1 fully saturated rings. The molecule has 1 aliphatic rings. The van der Waals surface area contributed by atoms with Crippen LogP contribution in [0.25, 0.3) is 0 Å². The fourth-order valence-electron chi connectivity index (χ4n) is 1.14. The highest BCUT2D eigenvalue weighted by Gasteiger charge is 2.26. The first-order valence-electron chi connectivity index (χ1n) is 3.89. The summed E-state index contributed by atoms with van der Waals surface area (Å²) in [5, 5.41) is 15.6. The van der Waals surface area contributed by atoms with E-state index < -0.39 is 5.60 Å². The van der Waals surface area contributed by atoms with Crippen LogP contribution in [0.4, 0.5) is 0 Å². The second-order valence-electron chi connectivity index (χ2n) is 2.78. The lowest BCUT2D eigenvalue weighted by Crippen LogP contribution is -2.40. The third-order valence-corrected chi connectivity index (χ3v) is 1.85. The SMILES string of the molecule is CNC#CC1(O)CCNCC1. The average Bonchev–Trinajstić information content (AvgIpc) is 2.03. The van der Waals surface area contributed by atoms with E-state index in [9.17, 15) is 5.11 Å². The summed E-state index contributed by atoms with van der Waals surface area (Å²) >= 11 is 0. The van der Waals surface area contributed by atoms with Crippen molar-refractivity contribution in [1.29, 1.82) is 0 Å². The predicted molar refractivity (Wildman–Crippen MR) is 43.9 cm³/mol. The summed E-state index contributed by atoms with van der Waals surface area (Å²) in [6.45, 7) is 1.71. The number of nitrogens with one attached hydrogen (secondary N) is 2. The fraction of sp³-hybridized carbons (Fsp3) is 0.750. The molecule has 0 amide bonds. The third-order valence-electron chi connectivity index (χ3n) is 1.85. The summed E-state index contributed by atoms with van der Waals surface area (Å²) in [7, 11) is 1.75. The fourth-order valence-corrected chi connectivity index (χ4v) is 1.14. The van der Waals surface area contributed by atoms with E-state index in [2.05, 4.69) is 22.6 Å². The van der Waals surface area contributed by atoms with Crippen LogP contribution >= 0.6 is 0 Å². The topological polar surface area (TPSA) is 44.3 Å². The molecule has 1 rings (SSSR count). The van der Waals surface area contributed by atoms with Crippen LogP contribution in [0.3, 0.4) is 0 Å². The van der Waals surface area contributed by atoms with E-state index in [0.29, 0.717) is 0 Å². The molecule has 0 saturated carbocycles. The molecule has 0 aromatic heterocycles. The molecule has 0 radical (unpaired) electrons. The van der Waals surface area contributed by atoms with E-state index >= 15 is 0 Å². The molecule has 62 valence electrons. The largest absolute Gasteiger partial charge is 0.377 e. The Labute approximate surface area is 67.2 Å². The molecule has 3 nitrogen and oxygen atoms in total. The normalized spacial score (nSPS) is 21.6. The van der Waals surface area contributed by atoms with E-state index in [0.717, 1.165) is 25.9 Å². The highest BCUT2D eigenvalue weighted by Crippen LogP contribution is 2.15. The molecule has 0 bridgehead atoms. The van der Waals surface area contributed by atoms with Crippen molar-refractivity contribution >= 4 is 0 Å². The molecular formula is C8H14N2O. The van der Waals surface area contributed by atoms with Crippen molar-refractivity contribution in [1.82, 2.24) is 10.6 Å². The molecule has 3 heteroatoms. The van der Waals surface area contributed by atoms with Crippen LogP contribution in [0.1, 0.15) is 12.8 Å². The maximum Gasteiger partial charge on any atom is 0.129 e. The minimum Gasteiger partial charge on any atom is -0.377 e. The van der Waals surface area contributed by atoms with Gasteiger partial charge in [-0.15, -0.1) is 0 Å². The van der Waals surface area contributed by atoms with Gasteiger partial charge in [0.05, 0.1) is 0 Å². The van der Waals surface area contributed by atoms with E-state index in [1.165, 1.54) is 0 Å². The lowest BCUT2D eigenvalue weighted by molar-refractivity contribution is 0.0678. The first kappa shape index (κ1) is 8.38. The molecule has 0 aliphatic carbocycles. The van der Waals surface area contributed by atoms with E-state index in [4.69, 9.17) is 0 Å². The zero-order valence-electron chi connectivity index (χ0n) is 6.78. The Kier molecular flexibility index (Phi) is 2.75. The molecule has 0 unspecified atom stereocenters. The standard InChI is InChI=1S/C8H14N2O/c1-9-5-2-8(11)3-6-10-7-4-8/h9-11H,3-4,6-7H2,1H3. The van der Waals surface area contributed by atoms with Crippen LogP contribution in [-0.2, 0) is 0 Å². The first-order chi connectivity index (χ1) is 5.27. The second-order valence-corrected chi connectivity index (χ2v) is 2.78. The minimum absolute atomic E-state index is 0.724. The van der Waals surface area contributed by atoms with Gasteiger partial charge in [0.2, 0.25) is 0 Å². The van der Waals surface area contributed by atoms with Gasteiger partial charge in [-0.25, -0.2) is 0 Å². The Morgan fingerprint density at radius 1 is 1.45 bits per heavy atom. The summed E-state index contributed by atoms with van der Waals surface area (Å²) in [5.41, 5.74) is -0.756. The van der Waals surface area contributed by atoms with Crippen molar-refractivity contribution in [3.63, 3.8) is 0 Å². The molecule has 11 heavy (non-hydrogen) atoms. The Bertz CT molecular complexity index is 174. The molecule has 1 saturated heterocycles. The van der Waals surface area contributed by atoms with Crippen LogP contribution in [0.15, 0.2) is 0 Å². The Balaban J connectivity index is 2.49. The van der Waals surface area contributed by atoms with Crippen LogP contribution in [0, 0.1) is 12.0 Å². The molecule has 1 aliphatic heterocycles. The van der Waals surface area contributed by atoms with E-state index in [1.54, 1.807) is 7.05 Å². The number of piperidine rings is 1. The quantitative estimate of drug-likeness (QED) is 0.319. The summed E-state index contributed by atoms with van der Waals surface area (Å²) in [6.07, 6.45) is 1.45. The summed E-state index contributed by atoms with van der Waals surface area (Å²) in [5.74, 6) is 2.80. The van der Waals surface area contributed by atoms with Gasteiger partial charge in [0.1, 0.15) is 5.60 Å². The number of aliphatic hydroxyl groups is 1. The number of rotatable bonds is 0. The number of hydrogen-bond acceptors (Lipinski definition) is 3. The smallest absolute Gasteiger partial charge is 0.129 e. The van der Waals surface area contributed by atoms with Gasteiger partial charge < -0.3 is 15.7 Å². The van der Waals surface area contributed by atoms with E-state index in [-0.39, 0.29) is 0 Å². The van der Waals surface area contributed by atoms with Gasteiger partial charge in [0.15, 0.2) is 0 Å². The van der Waals surface area contributed by atoms with Crippen LogP contribution in [0.2, 0.25) is 0 Å². The Morgan fingerprint density at radius 3 is 2.64 bits per heavy atom. The van der Waals surface area contributed by atoms with Crippen molar-refractivity contribution in [2.24, 2.45) is 0 Å². The third kappa shape index (κ3) is 2.41. The predicted octanol–water partition coefficient (Wildman–Crippen LogP) is -0.719. The highest BCUT2D eigenvalue weighted by molar-refractivity contribution is 5.13. The Hall–Kier alpha value is -0.720. The zero-order valence-corrected chi connectivity index (χ0v) is 6.78. The first-order valence-corrected chi connectivity index (χ1v) is 3.89. The summed E-state index contributed by atoms with van der Waals surface area (Å²) in [4.78, 5) is 0. The maximum absolute atomic E-state index is 9.75. The van der Waals surface area contributed by atoms with Gasteiger partial charge in [-0.05, 0) is 19.0 Å². The molecule has 0 aromatic carbocycles. The van der Waals surface area contributed by atoms with Gasteiger partial charge in [0.25, 0.3) is 0 Å². The van der Waals surface area contributed by atoms with E-state index in [1.807, 2.05) is 0 Å². The van der Waals surface area contributed by atoms with Gasteiger partial charge >= 0.3 is 0 Å². The van der Waals surface area contributed by atoms with Crippen molar-refractivity contribution in [2.75, 3.05) is 20.1 Å². The van der Waals surface area contributed by atoms with Gasteiger partial charge in [-0.2, -0.15) is 0 Å². The van der Waals surface area contributed by atoms with Crippen molar-refractivity contribution in [3.05, 3.63) is 0 Å². The van der Waals surface area contributed by atoms with Gasteiger partial charge in [-0.3, -0.25) is 0 Å². The Morgan fingerprint density at radius 2 is 2.09 bits per heavy atom. The van der Waals surface area contributed by atoms with Crippen molar-refractivity contribution < 1.29 is 5.11 Å². The monoisotopic (exact) mass is 154 g/mol. The van der Waals surface area contributed by atoms with Crippen molar-refractivity contribution in [3.8, 4) is 12.0 Å². The molecule has 0 atom stereocenters. The molecule has 1 heterocycles. The highest BCUT2D eigenvalue weighted by atomic mass is 16.3. The van der Waals surface area contributed by atoms with Crippen LogP contribution < -0.4 is 10.6 Å². The molecule has 3 N–H and O–H groups in total. The minimum atomic E-state index is -0.756. The maximum atomic E-state index is 9.75. The zero-order chi connectivity index (χ0) is 8.16. The van der Waals surface area contributed by atoms with Crippen LogP contribution in [-0.4, -0.2) is 30.8 Å². The molecule has 0 aromatic rings. The summed E-state index contributed by atoms with van der Waals surface area (Å²) in [6, 6.07) is 2.68. The van der Waals surface area contributed by atoms with Gasteiger partial charge in [0, 0.05) is 25.9 Å². The lowest BCUT2D eigenvalue weighted by atomic mass is 9.94. The molecule has 0 spiro atoms. The summed E-state index contributed by atoms with van der Waals surface area (Å²) < 4.78 is 0. The van der Waals surface area contributed by atoms with Gasteiger partial charge in [-0.1, -0.05) is 0 Å².